The van der Waals surface area contributed by atoms with E-state index in [1.54, 1.807) is 0 Å². The van der Waals surface area contributed by atoms with E-state index >= 15 is 0 Å². The average Bonchev–Trinajstić information content (AvgIpc) is 3.20. The van der Waals surface area contributed by atoms with Gasteiger partial charge in [0.05, 0.1) is 19.2 Å². The molecule has 3 aromatic rings. The number of nitrogens with one attached hydrogen (secondary N) is 2. The normalized spacial score (nSPS) is 13.7. The van der Waals surface area contributed by atoms with Crippen LogP contribution in [0.2, 0.25) is 0 Å². The highest BCUT2D eigenvalue weighted by molar-refractivity contribution is 7.84. The van der Waals surface area contributed by atoms with E-state index in [0.29, 0.717) is 30.6 Å². The molecule has 2 N–H and O–H groups in total. The Morgan fingerprint density at radius 2 is 1.97 bits per heavy atom. The molecule has 1 aromatic heterocycles. The van der Waals surface area contributed by atoms with E-state index in [0.717, 1.165) is 34.6 Å². The lowest BCUT2D eigenvalue weighted by Gasteiger charge is -2.16. The molecule has 0 amide bonds. The van der Waals surface area contributed by atoms with Crippen LogP contribution in [0.15, 0.2) is 64.0 Å². The zero-order valence-corrected chi connectivity index (χ0v) is 19.2. The third-order valence-electron chi connectivity index (χ3n) is 4.71. The first-order chi connectivity index (χ1) is 15.1. The van der Waals surface area contributed by atoms with E-state index in [9.17, 15) is 4.21 Å². The van der Waals surface area contributed by atoms with E-state index in [1.165, 1.54) is 0 Å². The third kappa shape index (κ3) is 6.59. The van der Waals surface area contributed by atoms with Crippen molar-refractivity contribution in [3.05, 3.63) is 65.9 Å². The molecule has 0 saturated heterocycles. The van der Waals surface area contributed by atoms with Gasteiger partial charge in [-0.15, -0.1) is 0 Å². The molecule has 0 aliphatic heterocycles. The minimum absolute atomic E-state index is 0.0884. The van der Waals surface area contributed by atoms with Crippen molar-refractivity contribution in [1.29, 1.82) is 0 Å². The summed E-state index contributed by atoms with van der Waals surface area (Å²) in [5, 5.41) is 7.63. The summed E-state index contributed by atoms with van der Waals surface area (Å²) in [6.45, 7) is 7.81. The van der Waals surface area contributed by atoms with Crippen molar-refractivity contribution in [2.24, 2.45) is 4.99 Å². The second-order valence-electron chi connectivity index (χ2n) is 7.16. The highest BCUT2D eigenvalue weighted by Crippen LogP contribution is 2.31. The summed E-state index contributed by atoms with van der Waals surface area (Å²) in [7, 11) is -0.950. The average molecular weight is 442 g/mol. The summed E-state index contributed by atoms with van der Waals surface area (Å²) in [6.07, 6.45) is 0. The van der Waals surface area contributed by atoms with Gasteiger partial charge in [-0.1, -0.05) is 42.5 Å². The maximum Gasteiger partial charge on any atom is 0.191 e. The summed E-state index contributed by atoms with van der Waals surface area (Å²) < 4.78 is 24.1. The number of rotatable bonds is 10. The molecule has 7 heteroatoms. The summed E-state index contributed by atoms with van der Waals surface area (Å²) in [6, 6.07) is 17.7. The van der Waals surface area contributed by atoms with Crippen LogP contribution in [0.25, 0.3) is 11.0 Å². The number of aliphatic imine (C=N–C) groups is 1. The molecular weight excluding hydrogens is 410 g/mol. The van der Waals surface area contributed by atoms with Crippen molar-refractivity contribution in [3.8, 4) is 5.75 Å². The van der Waals surface area contributed by atoms with Crippen molar-refractivity contribution < 1.29 is 13.4 Å². The lowest BCUT2D eigenvalue weighted by Crippen LogP contribution is -2.38. The molecule has 166 valence electrons. The number of ether oxygens (including phenoxy) is 1. The summed E-state index contributed by atoms with van der Waals surface area (Å²) in [5.41, 5.74) is 1.84. The van der Waals surface area contributed by atoms with Crippen LogP contribution in [-0.4, -0.2) is 35.6 Å². The van der Waals surface area contributed by atoms with E-state index in [-0.39, 0.29) is 6.04 Å². The first-order valence-electron chi connectivity index (χ1n) is 10.7. The largest absolute Gasteiger partial charge is 0.490 e. The van der Waals surface area contributed by atoms with Gasteiger partial charge in [0.25, 0.3) is 0 Å². The first kappa shape index (κ1) is 22.9. The monoisotopic (exact) mass is 441 g/mol. The molecule has 2 aromatic carbocycles. The van der Waals surface area contributed by atoms with E-state index < -0.39 is 10.8 Å². The third-order valence-corrected chi connectivity index (χ3v) is 6.00. The second kappa shape index (κ2) is 11.6. The molecule has 31 heavy (non-hydrogen) atoms. The Balaban J connectivity index is 1.61. The SMILES string of the molecule is CCNC(=NCCS(=O)Cc1ccccc1)NC(C)c1cc2cccc(OCC)c2o1. The predicted molar refractivity (Wildman–Crippen MR) is 128 cm³/mol. The molecule has 0 aliphatic rings. The quantitative estimate of drug-likeness (QED) is 0.360. The Bertz CT molecular complexity index is 1020. The lowest BCUT2D eigenvalue weighted by atomic mass is 10.2. The molecule has 6 nitrogen and oxygen atoms in total. The number of hydrogen-bond acceptors (Lipinski definition) is 4. The molecule has 2 atom stereocenters. The molecule has 0 fully saturated rings. The van der Waals surface area contributed by atoms with Gasteiger partial charge in [-0.25, -0.2) is 0 Å². The number of hydrogen-bond donors (Lipinski definition) is 2. The highest BCUT2D eigenvalue weighted by Gasteiger charge is 2.15. The molecule has 0 bridgehead atoms. The van der Waals surface area contributed by atoms with Crippen LogP contribution in [0.1, 0.15) is 38.1 Å². The van der Waals surface area contributed by atoms with Gasteiger partial charge in [-0.2, -0.15) is 0 Å². The van der Waals surface area contributed by atoms with E-state index in [2.05, 4.69) is 15.6 Å². The van der Waals surface area contributed by atoms with Crippen LogP contribution in [0.4, 0.5) is 0 Å². The van der Waals surface area contributed by atoms with Crippen LogP contribution in [0.5, 0.6) is 5.75 Å². The summed E-state index contributed by atoms with van der Waals surface area (Å²) in [4.78, 5) is 4.60. The van der Waals surface area contributed by atoms with E-state index in [1.807, 2.05) is 75.4 Å². The van der Waals surface area contributed by atoms with Gasteiger partial charge in [-0.3, -0.25) is 9.20 Å². The van der Waals surface area contributed by atoms with Crippen LogP contribution >= 0.6 is 0 Å². The maximum atomic E-state index is 12.4. The number of nitrogens with zero attached hydrogens (tertiary/aromatic N) is 1. The number of guanidine groups is 1. The lowest BCUT2D eigenvalue weighted by molar-refractivity contribution is 0.336. The highest BCUT2D eigenvalue weighted by atomic mass is 32.2. The maximum absolute atomic E-state index is 12.4. The molecule has 0 spiro atoms. The van der Waals surface area contributed by atoms with Crippen LogP contribution in [0.3, 0.4) is 0 Å². The van der Waals surface area contributed by atoms with Gasteiger partial charge >= 0.3 is 0 Å². The van der Waals surface area contributed by atoms with Gasteiger partial charge in [0.2, 0.25) is 0 Å². The summed E-state index contributed by atoms with van der Waals surface area (Å²) in [5.74, 6) is 3.30. The van der Waals surface area contributed by atoms with Crippen LogP contribution < -0.4 is 15.4 Å². The van der Waals surface area contributed by atoms with E-state index in [4.69, 9.17) is 9.15 Å². The van der Waals surface area contributed by atoms with Gasteiger partial charge in [-0.05, 0) is 38.5 Å². The fraction of sp³-hybridized carbons (Fsp3) is 0.375. The van der Waals surface area contributed by atoms with Gasteiger partial charge in [0.1, 0.15) is 5.76 Å². The summed E-state index contributed by atoms with van der Waals surface area (Å²) >= 11 is 0. The molecule has 1 heterocycles. The first-order valence-corrected chi connectivity index (χ1v) is 12.2. The minimum Gasteiger partial charge on any atom is -0.490 e. The topological polar surface area (TPSA) is 75.9 Å². The minimum atomic E-state index is -0.950. The van der Waals surface area contributed by atoms with Gasteiger partial charge < -0.3 is 19.8 Å². The number of fused-ring (bicyclic) bond motifs is 1. The Morgan fingerprint density at radius 3 is 2.71 bits per heavy atom. The molecular formula is C24H31N3O3S. The smallest absolute Gasteiger partial charge is 0.191 e. The fourth-order valence-electron chi connectivity index (χ4n) is 3.23. The second-order valence-corrected chi connectivity index (χ2v) is 8.73. The Kier molecular flexibility index (Phi) is 8.53. The van der Waals surface area contributed by atoms with Crippen LogP contribution in [0, 0.1) is 0 Å². The Labute approximate surface area is 186 Å². The Morgan fingerprint density at radius 1 is 1.16 bits per heavy atom. The molecule has 2 unspecified atom stereocenters. The molecule has 3 rings (SSSR count). The Hall–Kier alpha value is -2.80. The molecule has 0 radical (unpaired) electrons. The van der Waals surface area contributed by atoms with Gasteiger partial charge in [0.15, 0.2) is 17.3 Å². The predicted octanol–water partition coefficient (Wildman–Crippen LogP) is 4.40. The number of para-hydroxylation sites is 1. The van der Waals surface area contributed by atoms with Gasteiger partial charge in [0, 0.05) is 34.2 Å². The number of furan rings is 1. The van der Waals surface area contributed by atoms with Crippen molar-refractivity contribution >= 4 is 27.7 Å². The standard InChI is InChI=1S/C24H31N3O3S/c1-4-25-24(26-14-15-31(28)17-19-10-7-6-8-11-19)27-18(3)22-16-20-12-9-13-21(29-5-2)23(20)30-22/h6-13,16,18H,4-5,14-15,17H2,1-3H3,(H2,25,26,27). The van der Waals surface area contributed by atoms with Crippen molar-refractivity contribution in [1.82, 2.24) is 10.6 Å². The van der Waals surface area contributed by atoms with Crippen LogP contribution in [-0.2, 0) is 16.6 Å². The zero-order chi connectivity index (χ0) is 22.1. The van der Waals surface area contributed by atoms with Crippen molar-refractivity contribution in [2.75, 3.05) is 25.4 Å². The molecule has 0 aliphatic carbocycles. The molecule has 0 saturated carbocycles. The van der Waals surface area contributed by atoms with Crippen molar-refractivity contribution in [3.63, 3.8) is 0 Å². The zero-order valence-electron chi connectivity index (χ0n) is 18.4. The number of benzene rings is 2. The van der Waals surface area contributed by atoms with Crippen molar-refractivity contribution in [2.45, 2.75) is 32.6 Å². The fourth-order valence-corrected chi connectivity index (χ4v) is 4.23.